The van der Waals surface area contributed by atoms with Gasteiger partial charge < -0.3 is 5.32 Å². The SMILES string of the molecule is Cc1cnc(CC2CCNC2=O)c(C)c1[N+](=O)[O-]. The fourth-order valence-electron chi connectivity index (χ4n) is 2.33. The number of nitrogens with zero attached hydrogens (tertiary/aromatic N) is 2. The van der Waals surface area contributed by atoms with E-state index in [1.165, 1.54) is 6.20 Å². The number of rotatable bonds is 3. The fraction of sp³-hybridized carbons (Fsp3) is 0.500. The Bertz CT molecular complexity index is 514. The summed E-state index contributed by atoms with van der Waals surface area (Å²) in [4.78, 5) is 26.3. The van der Waals surface area contributed by atoms with Crippen molar-refractivity contribution in [3.63, 3.8) is 0 Å². The predicted molar refractivity (Wildman–Crippen MR) is 65.2 cm³/mol. The molecule has 1 aromatic heterocycles. The zero-order chi connectivity index (χ0) is 13.3. The molecule has 0 aliphatic carbocycles. The van der Waals surface area contributed by atoms with E-state index in [0.717, 1.165) is 6.42 Å². The zero-order valence-electron chi connectivity index (χ0n) is 10.4. The summed E-state index contributed by atoms with van der Waals surface area (Å²) in [6.07, 6.45) is 2.74. The number of carbonyl (C=O) groups excluding carboxylic acids is 1. The van der Waals surface area contributed by atoms with Gasteiger partial charge in [0.05, 0.1) is 10.6 Å². The summed E-state index contributed by atoms with van der Waals surface area (Å²) in [5, 5.41) is 13.8. The lowest BCUT2D eigenvalue weighted by Crippen LogP contribution is -2.21. The van der Waals surface area contributed by atoms with Gasteiger partial charge in [-0.3, -0.25) is 19.9 Å². The Hall–Kier alpha value is -1.98. The molecule has 96 valence electrons. The molecule has 1 fully saturated rings. The van der Waals surface area contributed by atoms with Crippen molar-refractivity contribution in [3.05, 3.63) is 33.1 Å². The molecule has 1 atom stereocenters. The molecule has 0 saturated carbocycles. The van der Waals surface area contributed by atoms with Crippen LogP contribution in [0.3, 0.4) is 0 Å². The van der Waals surface area contributed by atoms with Gasteiger partial charge in [0.15, 0.2) is 0 Å². The third-order valence-electron chi connectivity index (χ3n) is 3.36. The van der Waals surface area contributed by atoms with Crippen LogP contribution in [0.15, 0.2) is 6.20 Å². The Morgan fingerprint density at radius 3 is 2.83 bits per heavy atom. The zero-order valence-corrected chi connectivity index (χ0v) is 10.4. The van der Waals surface area contributed by atoms with E-state index in [1.807, 2.05) is 0 Å². The van der Waals surface area contributed by atoms with Gasteiger partial charge in [-0.05, 0) is 20.3 Å². The van der Waals surface area contributed by atoms with Crippen LogP contribution in [0.25, 0.3) is 0 Å². The Balaban J connectivity index is 2.31. The van der Waals surface area contributed by atoms with E-state index in [1.54, 1.807) is 13.8 Å². The molecule has 1 unspecified atom stereocenters. The minimum absolute atomic E-state index is 0.0134. The van der Waals surface area contributed by atoms with Crippen molar-refractivity contribution in [2.75, 3.05) is 6.54 Å². The van der Waals surface area contributed by atoms with Crippen LogP contribution in [0, 0.1) is 29.9 Å². The largest absolute Gasteiger partial charge is 0.356 e. The molecule has 1 aliphatic rings. The van der Waals surface area contributed by atoms with Crippen molar-refractivity contribution >= 4 is 11.6 Å². The molecule has 1 amide bonds. The number of hydrogen-bond acceptors (Lipinski definition) is 4. The first kappa shape index (κ1) is 12.5. The van der Waals surface area contributed by atoms with Crippen molar-refractivity contribution in [1.82, 2.24) is 10.3 Å². The Morgan fingerprint density at radius 2 is 2.28 bits per heavy atom. The Labute approximate surface area is 105 Å². The van der Waals surface area contributed by atoms with Gasteiger partial charge in [0.25, 0.3) is 5.69 Å². The van der Waals surface area contributed by atoms with Gasteiger partial charge in [0.1, 0.15) is 0 Å². The number of nitro groups is 1. The van der Waals surface area contributed by atoms with E-state index in [4.69, 9.17) is 0 Å². The molecule has 0 radical (unpaired) electrons. The first-order chi connectivity index (χ1) is 8.50. The molecule has 2 heterocycles. The highest BCUT2D eigenvalue weighted by atomic mass is 16.6. The number of pyridine rings is 1. The number of aryl methyl sites for hydroxylation is 1. The predicted octanol–water partition coefficient (Wildman–Crippen LogP) is 1.29. The molecule has 0 spiro atoms. The third kappa shape index (κ3) is 2.18. The molecule has 6 nitrogen and oxygen atoms in total. The lowest BCUT2D eigenvalue weighted by Gasteiger charge is -2.10. The highest BCUT2D eigenvalue weighted by Crippen LogP contribution is 2.26. The molecule has 18 heavy (non-hydrogen) atoms. The van der Waals surface area contributed by atoms with Crippen LogP contribution in [0.2, 0.25) is 0 Å². The summed E-state index contributed by atoms with van der Waals surface area (Å²) in [7, 11) is 0. The number of hydrogen-bond donors (Lipinski definition) is 1. The van der Waals surface area contributed by atoms with Gasteiger partial charge in [-0.1, -0.05) is 0 Å². The maximum absolute atomic E-state index is 11.5. The van der Waals surface area contributed by atoms with Crippen LogP contribution in [0.1, 0.15) is 23.2 Å². The molecule has 0 aromatic carbocycles. The summed E-state index contributed by atoms with van der Waals surface area (Å²) in [6.45, 7) is 4.04. The summed E-state index contributed by atoms with van der Waals surface area (Å²) in [5.74, 6) is -0.0991. The van der Waals surface area contributed by atoms with Crippen LogP contribution in [-0.2, 0) is 11.2 Å². The van der Waals surface area contributed by atoms with E-state index in [9.17, 15) is 14.9 Å². The van der Waals surface area contributed by atoms with Crippen molar-refractivity contribution in [2.24, 2.45) is 5.92 Å². The standard InChI is InChI=1S/C12H15N3O3/c1-7-6-14-10(8(2)11(7)15(17)18)5-9-3-4-13-12(9)16/h6,9H,3-5H2,1-2H3,(H,13,16). The molecular weight excluding hydrogens is 234 g/mol. The quantitative estimate of drug-likeness (QED) is 0.646. The number of amides is 1. The van der Waals surface area contributed by atoms with Crippen LogP contribution in [0.4, 0.5) is 5.69 Å². The minimum atomic E-state index is -0.384. The second kappa shape index (κ2) is 4.72. The number of carbonyl (C=O) groups is 1. The van der Waals surface area contributed by atoms with E-state index >= 15 is 0 Å². The Morgan fingerprint density at radius 1 is 1.56 bits per heavy atom. The highest BCUT2D eigenvalue weighted by Gasteiger charge is 2.27. The fourth-order valence-corrected chi connectivity index (χ4v) is 2.33. The number of nitrogens with one attached hydrogen (secondary N) is 1. The van der Waals surface area contributed by atoms with Crippen LogP contribution in [0.5, 0.6) is 0 Å². The van der Waals surface area contributed by atoms with E-state index in [0.29, 0.717) is 29.8 Å². The molecular formula is C12H15N3O3. The van der Waals surface area contributed by atoms with Crippen molar-refractivity contribution in [2.45, 2.75) is 26.7 Å². The van der Waals surface area contributed by atoms with Gasteiger partial charge in [0.2, 0.25) is 5.91 Å². The monoisotopic (exact) mass is 249 g/mol. The molecule has 1 aromatic rings. The Kier molecular flexibility index (Phi) is 3.27. The highest BCUT2D eigenvalue weighted by molar-refractivity contribution is 5.80. The lowest BCUT2D eigenvalue weighted by molar-refractivity contribution is -0.386. The van der Waals surface area contributed by atoms with E-state index in [-0.39, 0.29) is 22.4 Å². The van der Waals surface area contributed by atoms with E-state index < -0.39 is 0 Å². The second-order valence-corrected chi connectivity index (χ2v) is 4.60. The van der Waals surface area contributed by atoms with Crippen molar-refractivity contribution in [3.8, 4) is 0 Å². The topological polar surface area (TPSA) is 85.1 Å². The maximum Gasteiger partial charge on any atom is 0.278 e. The summed E-state index contributed by atoms with van der Waals surface area (Å²) < 4.78 is 0. The summed E-state index contributed by atoms with van der Waals surface area (Å²) in [6, 6.07) is 0. The van der Waals surface area contributed by atoms with Gasteiger partial charge in [-0.15, -0.1) is 0 Å². The third-order valence-corrected chi connectivity index (χ3v) is 3.36. The van der Waals surface area contributed by atoms with Gasteiger partial charge in [-0.25, -0.2) is 0 Å². The molecule has 2 rings (SSSR count). The average molecular weight is 249 g/mol. The molecule has 6 heteroatoms. The van der Waals surface area contributed by atoms with Crippen molar-refractivity contribution < 1.29 is 9.72 Å². The first-order valence-corrected chi connectivity index (χ1v) is 5.88. The summed E-state index contributed by atoms with van der Waals surface area (Å²) >= 11 is 0. The van der Waals surface area contributed by atoms with Gasteiger partial charge in [0, 0.05) is 36.2 Å². The van der Waals surface area contributed by atoms with Crippen molar-refractivity contribution in [1.29, 1.82) is 0 Å². The smallest absolute Gasteiger partial charge is 0.278 e. The number of aromatic nitrogens is 1. The second-order valence-electron chi connectivity index (χ2n) is 4.60. The molecule has 1 aliphatic heterocycles. The first-order valence-electron chi connectivity index (χ1n) is 5.88. The van der Waals surface area contributed by atoms with Crippen LogP contribution >= 0.6 is 0 Å². The molecule has 1 N–H and O–H groups in total. The molecule has 1 saturated heterocycles. The van der Waals surface area contributed by atoms with Gasteiger partial charge in [-0.2, -0.15) is 0 Å². The van der Waals surface area contributed by atoms with Gasteiger partial charge >= 0.3 is 0 Å². The van der Waals surface area contributed by atoms with E-state index in [2.05, 4.69) is 10.3 Å². The van der Waals surface area contributed by atoms with Crippen LogP contribution in [-0.4, -0.2) is 22.4 Å². The molecule has 0 bridgehead atoms. The average Bonchev–Trinajstić information content (AvgIpc) is 2.68. The normalized spacial score (nSPS) is 18.8. The minimum Gasteiger partial charge on any atom is -0.356 e. The maximum atomic E-state index is 11.5. The van der Waals surface area contributed by atoms with Crippen LogP contribution < -0.4 is 5.32 Å². The summed E-state index contributed by atoms with van der Waals surface area (Å²) in [5.41, 5.74) is 1.88. The lowest BCUT2D eigenvalue weighted by atomic mass is 9.97.